The fourth-order valence-corrected chi connectivity index (χ4v) is 3.18. The van der Waals surface area contributed by atoms with Crippen LogP contribution in [0.2, 0.25) is 0 Å². The van der Waals surface area contributed by atoms with Crippen molar-refractivity contribution in [2.75, 3.05) is 26.2 Å². The van der Waals surface area contributed by atoms with Crippen LogP contribution in [0, 0.1) is 0 Å². The molecule has 3 atom stereocenters. The van der Waals surface area contributed by atoms with Gasteiger partial charge in [-0.15, -0.1) is 0 Å². The number of para-hydroxylation sites is 1. The minimum absolute atomic E-state index is 0.343. The van der Waals surface area contributed by atoms with Crippen molar-refractivity contribution in [2.45, 2.75) is 58.7 Å². The zero-order valence-corrected chi connectivity index (χ0v) is 14.5. The number of rotatable bonds is 7. The third kappa shape index (κ3) is 4.99. The molecule has 0 spiro atoms. The molecule has 3 nitrogen and oxygen atoms in total. The molecular weight excluding hydrogens is 274 g/mol. The van der Waals surface area contributed by atoms with Gasteiger partial charge in [-0.1, -0.05) is 32.0 Å². The van der Waals surface area contributed by atoms with Crippen molar-refractivity contribution in [2.24, 2.45) is 0 Å². The van der Waals surface area contributed by atoms with Crippen LogP contribution >= 0.6 is 0 Å². The predicted octanol–water partition coefficient (Wildman–Crippen LogP) is 4.08. The zero-order valence-electron chi connectivity index (χ0n) is 14.5. The van der Waals surface area contributed by atoms with Gasteiger partial charge in [-0.25, -0.2) is 0 Å². The van der Waals surface area contributed by atoms with Crippen molar-refractivity contribution < 1.29 is 9.47 Å². The smallest absolute Gasteiger partial charge is 0.122 e. The van der Waals surface area contributed by atoms with E-state index in [4.69, 9.17) is 9.47 Å². The second-order valence-corrected chi connectivity index (χ2v) is 6.57. The molecule has 0 aliphatic carbocycles. The Bertz CT molecular complexity index is 439. The Hall–Kier alpha value is -1.06. The van der Waals surface area contributed by atoms with Crippen LogP contribution in [0.25, 0.3) is 0 Å². The lowest BCUT2D eigenvalue weighted by molar-refractivity contribution is -0.0686. The van der Waals surface area contributed by atoms with Crippen LogP contribution in [-0.2, 0) is 4.74 Å². The summed E-state index contributed by atoms with van der Waals surface area (Å²) in [6, 6.07) is 8.45. The maximum Gasteiger partial charge on any atom is 0.122 e. The van der Waals surface area contributed by atoms with Crippen LogP contribution in [0.5, 0.6) is 5.75 Å². The van der Waals surface area contributed by atoms with E-state index < -0.39 is 0 Å². The van der Waals surface area contributed by atoms with E-state index in [9.17, 15) is 0 Å². The quantitative estimate of drug-likeness (QED) is 0.709. The summed E-state index contributed by atoms with van der Waals surface area (Å²) < 4.78 is 11.8. The van der Waals surface area contributed by atoms with Gasteiger partial charge in [0.1, 0.15) is 5.75 Å². The second kappa shape index (κ2) is 8.54. The summed E-state index contributed by atoms with van der Waals surface area (Å²) in [6.07, 6.45) is 2.89. The first-order valence-electron chi connectivity index (χ1n) is 8.69. The number of ether oxygens (including phenoxy) is 2. The van der Waals surface area contributed by atoms with E-state index in [1.807, 2.05) is 0 Å². The fourth-order valence-electron chi connectivity index (χ4n) is 3.18. The molecule has 2 rings (SSSR count). The highest BCUT2D eigenvalue weighted by Gasteiger charge is 2.21. The predicted molar refractivity (Wildman–Crippen MR) is 91.7 cm³/mol. The van der Waals surface area contributed by atoms with Crippen LogP contribution in [0.15, 0.2) is 24.3 Å². The van der Waals surface area contributed by atoms with Gasteiger partial charge in [-0.3, -0.25) is 4.90 Å². The molecule has 1 heterocycles. The molecule has 124 valence electrons. The van der Waals surface area contributed by atoms with Gasteiger partial charge in [0, 0.05) is 19.6 Å². The van der Waals surface area contributed by atoms with Crippen molar-refractivity contribution in [3.8, 4) is 5.75 Å². The average Bonchev–Trinajstić information content (AvgIpc) is 2.50. The molecule has 0 bridgehead atoms. The lowest BCUT2D eigenvalue weighted by atomic mass is 9.98. The van der Waals surface area contributed by atoms with Gasteiger partial charge in [-0.05, 0) is 44.2 Å². The highest BCUT2D eigenvalue weighted by molar-refractivity contribution is 5.35. The summed E-state index contributed by atoms with van der Waals surface area (Å²) in [7, 11) is 0. The highest BCUT2D eigenvalue weighted by atomic mass is 16.5. The van der Waals surface area contributed by atoms with Crippen LogP contribution in [0.3, 0.4) is 0 Å². The number of hydrogen-bond acceptors (Lipinski definition) is 3. The summed E-state index contributed by atoms with van der Waals surface area (Å²) in [5.74, 6) is 1.61. The Morgan fingerprint density at radius 3 is 2.59 bits per heavy atom. The number of morpholine rings is 1. The molecule has 0 amide bonds. The SMILES string of the molecule is CC[C@H](C)c1ccccc1OCCCN1C[C@@H](C)O[C@@H](C)C1. The molecule has 1 fully saturated rings. The summed E-state index contributed by atoms with van der Waals surface area (Å²) in [5, 5.41) is 0. The third-order valence-corrected chi connectivity index (χ3v) is 4.43. The molecule has 22 heavy (non-hydrogen) atoms. The van der Waals surface area contributed by atoms with Crippen LogP contribution in [-0.4, -0.2) is 43.3 Å². The molecule has 1 aromatic rings. The maximum atomic E-state index is 6.05. The van der Waals surface area contributed by atoms with Gasteiger partial charge in [-0.2, -0.15) is 0 Å². The maximum absolute atomic E-state index is 6.05. The van der Waals surface area contributed by atoms with E-state index >= 15 is 0 Å². The van der Waals surface area contributed by atoms with Crippen molar-refractivity contribution in [3.05, 3.63) is 29.8 Å². The monoisotopic (exact) mass is 305 g/mol. The molecule has 0 saturated carbocycles. The van der Waals surface area contributed by atoms with Crippen LogP contribution in [0.1, 0.15) is 52.0 Å². The van der Waals surface area contributed by atoms with E-state index in [1.165, 1.54) is 5.56 Å². The van der Waals surface area contributed by atoms with E-state index in [0.717, 1.165) is 44.8 Å². The van der Waals surface area contributed by atoms with Gasteiger partial charge >= 0.3 is 0 Å². The van der Waals surface area contributed by atoms with Gasteiger partial charge in [0.2, 0.25) is 0 Å². The lowest BCUT2D eigenvalue weighted by Gasteiger charge is -2.35. The second-order valence-electron chi connectivity index (χ2n) is 6.57. The normalized spacial score (nSPS) is 24.2. The first-order chi connectivity index (χ1) is 10.6. The molecule has 1 aromatic carbocycles. The van der Waals surface area contributed by atoms with Crippen molar-refractivity contribution in [1.29, 1.82) is 0 Å². The molecule has 1 aliphatic heterocycles. The van der Waals surface area contributed by atoms with Crippen LogP contribution in [0.4, 0.5) is 0 Å². The van der Waals surface area contributed by atoms with E-state index in [-0.39, 0.29) is 0 Å². The Morgan fingerprint density at radius 2 is 1.91 bits per heavy atom. The average molecular weight is 305 g/mol. The molecule has 3 heteroatoms. The largest absolute Gasteiger partial charge is 0.493 e. The number of hydrogen-bond donors (Lipinski definition) is 0. The van der Waals surface area contributed by atoms with E-state index in [1.54, 1.807) is 0 Å². The number of benzene rings is 1. The van der Waals surface area contributed by atoms with E-state index in [0.29, 0.717) is 18.1 Å². The molecule has 0 N–H and O–H groups in total. The summed E-state index contributed by atoms with van der Waals surface area (Å²) >= 11 is 0. The first-order valence-corrected chi connectivity index (χ1v) is 8.69. The van der Waals surface area contributed by atoms with Gasteiger partial charge in [0.05, 0.1) is 18.8 Å². The van der Waals surface area contributed by atoms with Crippen LogP contribution < -0.4 is 4.74 Å². The highest BCUT2D eigenvalue weighted by Crippen LogP contribution is 2.28. The van der Waals surface area contributed by atoms with Crippen molar-refractivity contribution >= 4 is 0 Å². The first kappa shape index (κ1) is 17.3. The molecule has 0 unspecified atom stereocenters. The Balaban J connectivity index is 1.77. The van der Waals surface area contributed by atoms with Gasteiger partial charge in [0.25, 0.3) is 0 Å². The minimum atomic E-state index is 0.343. The lowest BCUT2D eigenvalue weighted by Crippen LogP contribution is -2.45. The molecule has 1 aliphatic rings. The van der Waals surface area contributed by atoms with Gasteiger partial charge in [0.15, 0.2) is 0 Å². The molecule has 0 aromatic heterocycles. The summed E-state index contributed by atoms with van der Waals surface area (Å²) in [4.78, 5) is 2.49. The fraction of sp³-hybridized carbons (Fsp3) is 0.684. The Kier molecular flexibility index (Phi) is 6.71. The Morgan fingerprint density at radius 1 is 1.23 bits per heavy atom. The zero-order chi connectivity index (χ0) is 15.9. The van der Waals surface area contributed by atoms with Crippen molar-refractivity contribution in [1.82, 2.24) is 4.90 Å². The standard InChI is InChI=1S/C19H31NO2/c1-5-15(2)18-9-6-7-10-19(18)21-12-8-11-20-13-16(3)22-17(4)14-20/h6-7,9-10,15-17H,5,8,11-14H2,1-4H3/t15-,16-,17+/m0/s1. The van der Waals surface area contributed by atoms with E-state index in [2.05, 4.69) is 56.9 Å². The van der Waals surface area contributed by atoms with Gasteiger partial charge < -0.3 is 9.47 Å². The Labute approximate surface area is 135 Å². The van der Waals surface area contributed by atoms with Crippen molar-refractivity contribution in [3.63, 3.8) is 0 Å². The summed E-state index contributed by atoms with van der Waals surface area (Å²) in [5.41, 5.74) is 1.33. The minimum Gasteiger partial charge on any atom is -0.493 e. The topological polar surface area (TPSA) is 21.7 Å². The third-order valence-electron chi connectivity index (χ3n) is 4.43. The molecule has 1 saturated heterocycles. The summed E-state index contributed by atoms with van der Waals surface area (Å²) in [6.45, 7) is 12.7. The molecule has 0 radical (unpaired) electrons. The number of nitrogens with zero attached hydrogens (tertiary/aromatic N) is 1. The molecular formula is C19H31NO2.